The molecule has 2 aromatic rings. The summed E-state index contributed by atoms with van der Waals surface area (Å²) >= 11 is 3.36. The number of halogens is 1. The third-order valence-corrected chi connectivity index (χ3v) is 5.38. The van der Waals surface area contributed by atoms with Crippen molar-refractivity contribution in [3.8, 4) is 0 Å². The average Bonchev–Trinajstić information content (AvgIpc) is 2.53. The van der Waals surface area contributed by atoms with E-state index in [1.165, 1.54) is 0 Å². The molecule has 0 heterocycles. The molecule has 0 aliphatic heterocycles. The Bertz CT molecular complexity index is 834. The SMILES string of the molecule is C/C(=N/NS(=O)(=O)c1ccc(C(C)(C)C)cc1)c1ccc(Br)cc1. The summed E-state index contributed by atoms with van der Waals surface area (Å²) in [7, 11) is -3.68. The molecule has 2 rings (SSSR count). The van der Waals surface area contributed by atoms with Gasteiger partial charge in [-0.05, 0) is 47.7 Å². The quantitative estimate of drug-likeness (QED) is 0.599. The zero-order valence-corrected chi connectivity index (χ0v) is 16.6. The maximum Gasteiger partial charge on any atom is 0.276 e. The smallest absolute Gasteiger partial charge is 0.200 e. The molecule has 0 saturated carbocycles. The van der Waals surface area contributed by atoms with Crippen molar-refractivity contribution in [2.45, 2.75) is 38.0 Å². The topological polar surface area (TPSA) is 58.5 Å². The molecule has 6 heteroatoms. The van der Waals surface area contributed by atoms with Crippen LogP contribution in [0.25, 0.3) is 0 Å². The van der Waals surface area contributed by atoms with Gasteiger partial charge in [0.1, 0.15) is 0 Å². The lowest BCUT2D eigenvalue weighted by atomic mass is 9.87. The fraction of sp³-hybridized carbons (Fsp3) is 0.278. The van der Waals surface area contributed by atoms with Crippen molar-refractivity contribution in [3.63, 3.8) is 0 Å². The van der Waals surface area contributed by atoms with E-state index in [4.69, 9.17) is 0 Å². The van der Waals surface area contributed by atoms with Gasteiger partial charge >= 0.3 is 0 Å². The summed E-state index contributed by atoms with van der Waals surface area (Å²) in [6, 6.07) is 14.4. The van der Waals surface area contributed by atoms with Gasteiger partial charge in [-0.2, -0.15) is 18.4 Å². The number of sulfonamides is 1. The van der Waals surface area contributed by atoms with Crippen LogP contribution in [0.4, 0.5) is 0 Å². The Balaban J connectivity index is 2.19. The number of hydrazone groups is 1. The highest BCUT2D eigenvalue weighted by atomic mass is 79.9. The van der Waals surface area contributed by atoms with Gasteiger partial charge in [-0.1, -0.05) is 61.0 Å². The maximum absolute atomic E-state index is 12.4. The van der Waals surface area contributed by atoms with Crippen LogP contribution in [0.2, 0.25) is 0 Å². The molecule has 0 unspecified atom stereocenters. The highest BCUT2D eigenvalue weighted by molar-refractivity contribution is 9.10. The van der Waals surface area contributed by atoms with Gasteiger partial charge in [0.15, 0.2) is 0 Å². The minimum atomic E-state index is -3.68. The Morgan fingerprint density at radius 1 is 1.00 bits per heavy atom. The van der Waals surface area contributed by atoms with Gasteiger partial charge in [0.2, 0.25) is 0 Å². The van der Waals surface area contributed by atoms with Crippen LogP contribution in [-0.4, -0.2) is 14.1 Å². The van der Waals surface area contributed by atoms with Crippen molar-refractivity contribution in [1.82, 2.24) is 4.83 Å². The summed E-state index contributed by atoms with van der Waals surface area (Å²) in [6.45, 7) is 8.01. The zero-order valence-electron chi connectivity index (χ0n) is 14.2. The van der Waals surface area contributed by atoms with Crippen LogP contribution >= 0.6 is 15.9 Å². The molecular weight excluding hydrogens is 388 g/mol. The van der Waals surface area contributed by atoms with E-state index in [1.807, 2.05) is 36.4 Å². The molecule has 0 spiro atoms. The van der Waals surface area contributed by atoms with E-state index < -0.39 is 10.0 Å². The summed E-state index contributed by atoms with van der Waals surface area (Å²) < 4.78 is 25.7. The molecule has 2 aromatic carbocycles. The van der Waals surface area contributed by atoms with Gasteiger partial charge in [-0.15, -0.1) is 0 Å². The second-order valence-electron chi connectivity index (χ2n) is 6.57. The predicted molar refractivity (Wildman–Crippen MR) is 102 cm³/mol. The van der Waals surface area contributed by atoms with Gasteiger partial charge in [0.25, 0.3) is 10.0 Å². The molecule has 0 aromatic heterocycles. The first kappa shape index (κ1) is 18.7. The van der Waals surface area contributed by atoms with Crippen molar-refractivity contribution in [2.75, 3.05) is 0 Å². The highest BCUT2D eigenvalue weighted by Crippen LogP contribution is 2.23. The predicted octanol–water partition coefficient (Wildman–Crippen LogP) is 4.45. The molecule has 0 saturated heterocycles. The number of nitrogens with one attached hydrogen (secondary N) is 1. The molecule has 128 valence electrons. The fourth-order valence-corrected chi connectivity index (χ4v) is 3.19. The van der Waals surface area contributed by atoms with Crippen LogP contribution in [0, 0.1) is 0 Å². The largest absolute Gasteiger partial charge is 0.276 e. The molecule has 0 amide bonds. The van der Waals surface area contributed by atoms with E-state index in [-0.39, 0.29) is 10.3 Å². The zero-order chi connectivity index (χ0) is 18.0. The normalized spacial score (nSPS) is 13.0. The standard InChI is InChI=1S/C18H21BrN2O2S/c1-13(14-5-9-16(19)10-6-14)20-21-24(22,23)17-11-7-15(8-12-17)18(2,3)4/h5-12,21H,1-4H3/b20-13-. The molecule has 0 aliphatic carbocycles. The summed E-state index contributed by atoms with van der Waals surface area (Å²) in [5.74, 6) is 0. The molecule has 4 nitrogen and oxygen atoms in total. The van der Waals surface area contributed by atoms with Crippen LogP contribution in [0.15, 0.2) is 63.0 Å². The van der Waals surface area contributed by atoms with Crippen molar-refractivity contribution >= 4 is 31.7 Å². The van der Waals surface area contributed by atoms with Crippen LogP contribution in [-0.2, 0) is 15.4 Å². The summed E-state index contributed by atoms with van der Waals surface area (Å²) in [6.07, 6.45) is 0. The number of benzene rings is 2. The van der Waals surface area contributed by atoms with Crippen LogP contribution < -0.4 is 4.83 Å². The first-order valence-corrected chi connectivity index (χ1v) is 9.80. The Hall–Kier alpha value is -1.66. The van der Waals surface area contributed by atoms with Crippen LogP contribution in [0.3, 0.4) is 0 Å². The monoisotopic (exact) mass is 408 g/mol. The van der Waals surface area contributed by atoms with E-state index in [0.717, 1.165) is 15.6 Å². The van der Waals surface area contributed by atoms with Gasteiger partial charge in [-0.25, -0.2) is 0 Å². The summed E-state index contributed by atoms with van der Waals surface area (Å²) in [5.41, 5.74) is 2.50. The molecule has 0 atom stereocenters. The number of hydrogen-bond donors (Lipinski definition) is 1. The van der Waals surface area contributed by atoms with Gasteiger partial charge in [0.05, 0.1) is 10.6 Å². The Labute approximate surface area is 152 Å². The number of rotatable bonds is 4. The van der Waals surface area contributed by atoms with Crippen LogP contribution in [0.1, 0.15) is 38.8 Å². The minimum absolute atomic E-state index is 0.0218. The third-order valence-electron chi connectivity index (χ3n) is 3.63. The van der Waals surface area contributed by atoms with Crippen molar-refractivity contribution in [2.24, 2.45) is 5.10 Å². The van der Waals surface area contributed by atoms with Gasteiger partial charge in [-0.3, -0.25) is 0 Å². The highest BCUT2D eigenvalue weighted by Gasteiger charge is 2.17. The summed E-state index contributed by atoms with van der Waals surface area (Å²) in [5, 5.41) is 4.01. The molecule has 0 fully saturated rings. The van der Waals surface area contributed by atoms with E-state index in [0.29, 0.717) is 5.71 Å². The number of hydrogen-bond acceptors (Lipinski definition) is 3. The van der Waals surface area contributed by atoms with E-state index in [2.05, 4.69) is 46.6 Å². The lowest BCUT2D eigenvalue weighted by Gasteiger charge is -2.19. The first-order valence-electron chi connectivity index (χ1n) is 7.52. The second kappa shape index (κ2) is 7.07. The fourth-order valence-electron chi connectivity index (χ4n) is 2.07. The molecule has 1 N–H and O–H groups in total. The third kappa shape index (κ3) is 4.68. The second-order valence-corrected chi connectivity index (χ2v) is 9.15. The summed E-state index contributed by atoms with van der Waals surface area (Å²) in [4.78, 5) is 2.49. The lowest BCUT2D eigenvalue weighted by molar-refractivity contribution is 0.580. The average molecular weight is 409 g/mol. The van der Waals surface area contributed by atoms with Crippen molar-refractivity contribution < 1.29 is 8.42 Å². The molecular formula is C18H21BrN2O2S. The Morgan fingerprint density at radius 2 is 1.54 bits per heavy atom. The minimum Gasteiger partial charge on any atom is -0.200 e. The first-order chi connectivity index (χ1) is 11.1. The number of nitrogens with zero attached hydrogens (tertiary/aromatic N) is 1. The van der Waals surface area contributed by atoms with Crippen LogP contribution in [0.5, 0.6) is 0 Å². The molecule has 0 bridgehead atoms. The molecule has 24 heavy (non-hydrogen) atoms. The molecule has 0 radical (unpaired) electrons. The van der Waals surface area contributed by atoms with E-state index >= 15 is 0 Å². The Morgan fingerprint density at radius 3 is 2.04 bits per heavy atom. The van der Waals surface area contributed by atoms with Gasteiger partial charge in [0, 0.05) is 4.47 Å². The van der Waals surface area contributed by atoms with E-state index in [1.54, 1.807) is 19.1 Å². The Kier molecular flexibility index (Phi) is 5.50. The van der Waals surface area contributed by atoms with Crippen molar-refractivity contribution in [1.29, 1.82) is 0 Å². The van der Waals surface area contributed by atoms with Crippen molar-refractivity contribution in [3.05, 3.63) is 64.1 Å². The van der Waals surface area contributed by atoms with E-state index in [9.17, 15) is 8.42 Å². The molecule has 0 aliphatic rings. The van der Waals surface area contributed by atoms with Gasteiger partial charge < -0.3 is 0 Å². The lowest BCUT2D eigenvalue weighted by Crippen LogP contribution is -2.20. The maximum atomic E-state index is 12.4.